The van der Waals surface area contributed by atoms with E-state index < -0.39 is 0 Å². The van der Waals surface area contributed by atoms with Gasteiger partial charge in [-0.25, -0.2) is 0 Å². The van der Waals surface area contributed by atoms with Crippen molar-refractivity contribution in [3.63, 3.8) is 0 Å². The Labute approximate surface area is 191 Å². The van der Waals surface area contributed by atoms with Crippen molar-refractivity contribution in [1.82, 2.24) is 4.90 Å². The summed E-state index contributed by atoms with van der Waals surface area (Å²) in [6, 6.07) is 26.6. The molecule has 4 heteroatoms. The summed E-state index contributed by atoms with van der Waals surface area (Å²) in [6.07, 6.45) is 2.27. The fraction of sp³-hybridized carbons (Fsp3) is 0.321. The summed E-state index contributed by atoms with van der Waals surface area (Å²) in [5, 5.41) is 3.02. The van der Waals surface area contributed by atoms with Crippen LogP contribution in [0.5, 0.6) is 11.5 Å². The standard InChI is InChI=1S/C28H32N2O2/c1-21(2)28(31)29-25-8-6-7-24(19-25)23-15-17-30(18-16-23)20-22-11-13-27(14-12-22)32-26-9-4-3-5-10-26/h3-14,19,21,23H,15-18,20H2,1-2H3,(H,29,31). The number of piperidine rings is 1. The zero-order valence-corrected chi connectivity index (χ0v) is 19.0. The van der Waals surface area contributed by atoms with Gasteiger partial charge in [-0.3, -0.25) is 9.69 Å². The summed E-state index contributed by atoms with van der Waals surface area (Å²) < 4.78 is 5.89. The molecule has 0 unspecified atom stereocenters. The van der Waals surface area contributed by atoms with Crippen molar-refractivity contribution in [2.75, 3.05) is 18.4 Å². The number of likely N-dealkylation sites (tertiary alicyclic amines) is 1. The average molecular weight is 429 g/mol. The Hall–Kier alpha value is -3.11. The summed E-state index contributed by atoms with van der Waals surface area (Å²) >= 11 is 0. The van der Waals surface area contributed by atoms with E-state index in [9.17, 15) is 4.79 Å². The summed E-state index contributed by atoms with van der Waals surface area (Å²) in [4.78, 5) is 14.5. The molecule has 166 valence electrons. The van der Waals surface area contributed by atoms with Crippen molar-refractivity contribution in [2.24, 2.45) is 5.92 Å². The Balaban J connectivity index is 1.28. The quantitative estimate of drug-likeness (QED) is 0.470. The molecular weight excluding hydrogens is 396 g/mol. The predicted octanol–water partition coefficient (Wildman–Crippen LogP) is 6.45. The van der Waals surface area contributed by atoms with Gasteiger partial charge in [-0.15, -0.1) is 0 Å². The number of carbonyl (C=O) groups is 1. The summed E-state index contributed by atoms with van der Waals surface area (Å²) in [5.41, 5.74) is 3.54. The molecule has 0 spiro atoms. The fourth-order valence-corrected chi connectivity index (χ4v) is 4.13. The van der Waals surface area contributed by atoms with Gasteiger partial charge in [0.05, 0.1) is 0 Å². The van der Waals surface area contributed by atoms with Crippen LogP contribution in [-0.2, 0) is 11.3 Å². The van der Waals surface area contributed by atoms with Gasteiger partial charge in [-0.05, 0) is 79.4 Å². The molecule has 1 heterocycles. The number of amides is 1. The van der Waals surface area contributed by atoms with Crippen molar-refractivity contribution in [3.8, 4) is 11.5 Å². The number of hydrogen-bond donors (Lipinski definition) is 1. The van der Waals surface area contributed by atoms with Crippen LogP contribution < -0.4 is 10.1 Å². The molecule has 1 aliphatic rings. The molecule has 0 saturated carbocycles. The van der Waals surface area contributed by atoms with E-state index in [2.05, 4.69) is 40.5 Å². The Morgan fingerprint density at radius 1 is 0.938 bits per heavy atom. The average Bonchev–Trinajstić information content (AvgIpc) is 2.82. The molecule has 4 rings (SSSR count). The molecule has 32 heavy (non-hydrogen) atoms. The smallest absolute Gasteiger partial charge is 0.226 e. The van der Waals surface area contributed by atoms with Crippen LogP contribution in [0.15, 0.2) is 78.9 Å². The molecule has 0 aromatic heterocycles. The van der Waals surface area contributed by atoms with Gasteiger partial charge in [0.15, 0.2) is 0 Å². The lowest BCUT2D eigenvalue weighted by molar-refractivity contribution is -0.118. The Morgan fingerprint density at radius 3 is 2.31 bits per heavy atom. The predicted molar refractivity (Wildman–Crippen MR) is 130 cm³/mol. The lowest BCUT2D eigenvalue weighted by Gasteiger charge is -2.32. The maximum absolute atomic E-state index is 12.0. The summed E-state index contributed by atoms with van der Waals surface area (Å²) in [7, 11) is 0. The van der Waals surface area contributed by atoms with Gasteiger partial charge in [0, 0.05) is 18.2 Å². The molecule has 0 atom stereocenters. The molecule has 1 fully saturated rings. The van der Waals surface area contributed by atoms with Crippen LogP contribution in [-0.4, -0.2) is 23.9 Å². The van der Waals surface area contributed by atoms with Crippen LogP contribution >= 0.6 is 0 Å². The number of nitrogens with zero attached hydrogens (tertiary/aromatic N) is 1. The highest BCUT2D eigenvalue weighted by Gasteiger charge is 2.21. The first kappa shape index (κ1) is 22.1. The molecule has 1 aliphatic heterocycles. The van der Waals surface area contributed by atoms with Crippen molar-refractivity contribution in [1.29, 1.82) is 0 Å². The molecule has 3 aromatic rings. The third-order valence-corrected chi connectivity index (χ3v) is 6.05. The minimum Gasteiger partial charge on any atom is -0.457 e. The van der Waals surface area contributed by atoms with Gasteiger partial charge in [0.1, 0.15) is 11.5 Å². The van der Waals surface area contributed by atoms with E-state index in [4.69, 9.17) is 4.74 Å². The van der Waals surface area contributed by atoms with Gasteiger partial charge >= 0.3 is 0 Å². The van der Waals surface area contributed by atoms with E-state index in [1.54, 1.807) is 0 Å². The minimum atomic E-state index is -0.0131. The number of hydrogen-bond acceptors (Lipinski definition) is 3. The van der Waals surface area contributed by atoms with Crippen LogP contribution in [0.3, 0.4) is 0 Å². The lowest BCUT2D eigenvalue weighted by Crippen LogP contribution is -2.32. The monoisotopic (exact) mass is 428 g/mol. The summed E-state index contributed by atoms with van der Waals surface area (Å²) in [6.45, 7) is 6.95. The molecule has 0 bridgehead atoms. The molecule has 0 radical (unpaired) electrons. The van der Waals surface area contributed by atoms with Gasteiger partial charge in [0.2, 0.25) is 5.91 Å². The third-order valence-electron chi connectivity index (χ3n) is 6.05. The van der Waals surface area contributed by atoms with E-state index in [1.807, 2.05) is 62.4 Å². The number of carbonyl (C=O) groups excluding carboxylic acids is 1. The van der Waals surface area contributed by atoms with Gasteiger partial charge in [-0.1, -0.05) is 56.3 Å². The van der Waals surface area contributed by atoms with Gasteiger partial charge in [0.25, 0.3) is 0 Å². The second-order valence-electron chi connectivity index (χ2n) is 8.88. The number of ether oxygens (including phenoxy) is 1. The molecule has 4 nitrogen and oxygen atoms in total. The van der Waals surface area contributed by atoms with E-state index >= 15 is 0 Å². The zero-order chi connectivity index (χ0) is 22.3. The molecule has 3 aromatic carbocycles. The highest BCUT2D eigenvalue weighted by molar-refractivity contribution is 5.92. The first-order valence-electron chi connectivity index (χ1n) is 11.5. The molecule has 1 saturated heterocycles. The number of nitrogens with one attached hydrogen (secondary N) is 1. The molecular formula is C28H32N2O2. The van der Waals surface area contributed by atoms with Gasteiger partial charge < -0.3 is 10.1 Å². The zero-order valence-electron chi connectivity index (χ0n) is 19.0. The number of rotatable bonds is 7. The maximum Gasteiger partial charge on any atom is 0.226 e. The highest BCUT2D eigenvalue weighted by Crippen LogP contribution is 2.30. The van der Waals surface area contributed by atoms with Crippen molar-refractivity contribution >= 4 is 11.6 Å². The van der Waals surface area contributed by atoms with Crippen LogP contribution in [0.2, 0.25) is 0 Å². The number of anilines is 1. The van der Waals surface area contributed by atoms with Crippen LogP contribution in [0.25, 0.3) is 0 Å². The van der Waals surface area contributed by atoms with Crippen LogP contribution in [0, 0.1) is 5.92 Å². The highest BCUT2D eigenvalue weighted by atomic mass is 16.5. The lowest BCUT2D eigenvalue weighted by atomic mass is 9.89. The maximum atomic E-state index is 12.0. The largest absolute Gasteiger partial charge is 0.457 e. The van der Waals surface area contributed by atoms with Gasteiger partial charge in [-0.2, -0.15) is 0 Å². The molecule has 1 N–H and O–H groups in total. The van der Waals surface area contributed by atoms with Crippen LogP contribution in [0.1, 0.15) is 43.7 Å². The molecule has 1 amide bonds. The topological polar surface area (TPSA) is 41.6 Å². The van der Waals surface area contributed by atoms with E-state index in [1.165, 1.54) is 11.1 Å². The minimum absolute atomic E-state index is 0.0131. The number of benzene rings is 3. The Morgan fingerprint density at radius 2 is 1.62 bits per heavy atom. The second kappa shape index (κ2) is 10.5. The van der Waals surface area contributed by atoms with Crippen LogP contribution in [0.4, 0.5) is 5.69 Å². The third kappa shape index (κ3) is 5.98. The molecule has 0 aliphatic carbocycles. The Kier molecular flexibility index (Phi) is 7.23. The number of para-hydroxylation sites is 1. The van der Waals surface area contributed by atoms with Crippen molar-refractivity contribution in [2.45, 2.75) is 39.2 Å². The fourth-order valence-electron chi connectivity index (χ4n) is 4.13. The SMILES string of the molecule is CC(C)C(=O)Nc1cccc(C2CCN(Cc3ccc(Oc4ccccc4)cc3)CC2)c1. The van der Waals surface area contributed by atoms with Crippen molar-refractivity contribution < 1.29 is 9.53 Å². The first-order chi connectivity index (χ1) is 15.6. The van der Waals surface area contributed by atoms with E-state index in [-0.39, 0.29) is 11.8 Å². The Bertz CT molecular complexity index is 1010. The first-order valence-corrected chi connectivity index (χ1v) is 11.5. The van der Waals surface area contributed by atoms with E-state index in [0.717, 1.165) is 49.7 Å². The van der Waals surface area contributed by atoms with E-state index in [0.29, 0.717) is 5.92 Å². The second-order valence-corrected chi connectivity index (χ2v) is 8.88. The van der Waals surface area contributed by atoms with Crippen molar-refractivity contribution in [3.05, 3.63) is 90.0 Å². The normalized spacial score (nSPS) is 15.0. The summed E-state index contributed by atoms with van der Waals surface area (Å²) in [5.74, 6) is 2.32.